The fourth-order valence-electron chi connectivity index (χ4n) is 1.99. The standard InChI is InChI=1S/C11H13FN2O/c1-14-6-7(5-13)9-3-2-8(12)4-10(9)11(14)15/h2-4,7H,5-6,13H2,1H3. The first kappa shape index (κ1) is 10.1. The number of halogens is 1. The molecule has 2 rings (SSSR count). The summed E-state index contributed by atoms with van der Waals surface area (Å²) in [6, 6.07) is 4.32. The summed E-state index contributed by atoms with van der Waals surface area (Å²) in [5.41, 5.74) is 6.94. The average Bonchev–Trinajstić information content (AvgIpc) is 2.23. The molecular weight excluding hydrogens is 195 g/mol. The van der Waals surface area contributed by atoms with E-state index in [1.807, 2.05) is 0 Å². The van der Waals surface area contributed by atoms with Crippen molar-refractivity contribution in [2.45, 2.75) is 5.92 Å². The molecule has 1 unspecified atom stereocenters. The number of rotatable bonds is 1. The Hall–Kier alpha value is -1.42. The number of hydrogen-bond donors (Lipinski definition) is 1. The van der Waals surface area contributed by atoms with Crippen LogP contribution in [0.1, 0.15) is 21.8 Å². The van der Waals surface area contributed by atoms with Gasteiger partial charge in [0.1, 0.15) is 5.82 Å². The summed E-state index contributed by atoms with van der Waals surface area (Å²) in [6.07, 6.45) is 0. The molecule has 1 heterocycles. The molecule has 2 N–H and O–H groups in total. The molecule has 0 bridgehead atoms. The molecule has 0 radical (unpaired) electrons. The van der Waals surface area contributed by atoms with Gasteiger partial charge in [-0.2, -0.15) is 0 Å². The van der Waals surface area contributed by atoms with Crippen molar-refractivity contribution in [3.05, 3.63) is 35.1 Å². The molecule has 15 heavy (non-hydrogen) atoms. The first-order valence-corrected chi connectivity index (χ1v) is 4.88. The third-order valence-electron chi connectivity index (χ3n) is 2.81. The monoisotopic (exact) mass is 208 g/mol. The molecule has 0 aromatic heterocycles. The minimum absolute atomic E-state index is 0.114. The molecule has 1 aromatic carbocycles. The first-order chi connectivity index (χ1) is 7.13. The summed E-state index contributed by atoms with van der Waals surface area (Å²) in [6.45, 7) is 1.07. The Balaban J connectivity index is 2.53. The van der Waals surface area contributed by atoms with Crippen LogP contribution in [0.2, 0.25) is 0 Å². The highest BCUT2D eigenvalue weighted by Gasteiger charge is 2.28. The first-order valence-electron chi connectivity index (χ1n) is 4.88. The molecule has 0 saturated carbocycles. The van der Waals surface area contributed by atoms with Crippen molar-refractivity contribution in [2.24, 2.45) is 5.73 Å². The molecule has 0 aliphatic carbocycles. The van der Waals surface area contributed by atoms with E-state index in [2.05, 4.69) is 0 Å². The van der Waals surface area contributed by atoms with E-state index in [0.29, 0.717) is 18.7 Å². The second-order valence-electron chi connectivity index (χ2n) is 3.85. The maximum Gasteiger partial charge on any atom is 0.254 e. The molecule has 0 saturated heterocycles. The van der Waals surface area contributed by atoms with Gasteiger partial charge in [0.25, 0.3) is 5.91 Å². The SMILES string of the molecule is CN1CC(CN)c2ccc(F)cc2C1=O. The van der Waals surface area contributed by atoms with E-state index in [-0.39, 0.29) is 17.6 Å². The van der Waals surface area contributed by atoms with Crippen molar-refractivity contribution in [2.75, 3.05) is 20.1 Å². The van der Waals surface area contributed by atoms with E-state index in [1.54, 1.807) is 18.0 Å². The van der Waals surface area contributed by atoms with Gasteiger partial charge >= 0.3 is 0 Å². The van der Waals surface area contributed by atoms with Crippen molar-refractivity contribution < 1.29 is 9.18 Å². The summed E-state index contributed by atoms with van der Waals surface area (Å²) in [5, 5.41) is 0. The molecule has 1 aliphatic heterocycles. The van der Waals surface area contributed by atoms with Crippen LogP contribution in [-0.4, -0.2) is 30.9 Å². The molecular formula is C11H13FN2O. The highest BCUT2D eigenvalue weighted by molar-refractivity contribution is 5.97. The van der Waals surface area contributed by atoms with Gasteiger partial charge in [0, 0.05) is 31.6 Å². The fourth-order valence-corrected chi connectivity index (χ4v) is 1.99. The van der Waals surface area contributed by atoms with E-state index in [1.165, 1.54) is 12.1 Å². The van der Waals surface area contributed by atoms with Crippen LogP contribution in [0.5, 0.6) is 0 Å². The van der Waals surface area contributed by atoms with Crippen LogP contribution in [0.4, 0.5) is 4.39 Å². The number of nitrogens with two attached hydrogens (primary N) is 1. The zero-order valence-electron chi connectivity index (χ0n) is 8.53. The van der Waals surface area contributed by atoms with E-state index < -0.39 is 0 Å². The lowest BCUT2D eigenvalue weighted by molar-refractivity contribution is 0.0766. The zero-order valence-corrected chi connectivity index (χ0v) is 8.53. The second kappa shape index (κ2) is 3.62. The Bertz CT molecular complexity index is 406. The van der Waals surface area contributed by atoms with E-state index in [9.17, 15) is 9.18 Å². The number of fused-ring (bicyclic) bond motifs is 1. The number of amides is 1. The van der Waals surface area contributed by atoms with Crippen LogP contribution in [-0.2, 0) is 0 Å². The number of likely N-dealkylation sites (N-methyl/N-ethyl adjacent to an activating group) is 1. The highest BCUT2D eigenvalue weighted by atomic mass is 19.1. The van der Waals surface area contributed by atoms with Gasteiger partial charge in [0.2, 0.25) is 0 Å². The Labute approximate surface area is 87.7 Å². The van der Waals surface area contributed by atoms with E-state index in [0.717, 1.165) is 5.56 Å². The fraction of sp³-hybridized carbons (Fsp3) is 0.364. The Morgan fingerprint density at radius 3 is 3.00 bits per heavy atom. The van der Waals surface area contributed by atoms with E-state index in [4.69, 9.17) is 5.73 Å². The largest absolute Gasteiger partial charge is 0.341 e. The lowest BCUT2D eigenvalue weighted by atomic mass is 9.89. The molecule has 0 spiro atoms. The maximum absolute atomic E-state index is 13.0. The molecule has 1 aliphatic rings. The number of carbonyl (C=O) groups is 1. The average molecular weight is 208 g/mol. The van der Waals surface area contributed by atoms with Crippen molar-refractivity contribution >= 4 is 5.91 Å². The summed E-state index contributed by atoms with van der Waals surface area (Å²) in [5.74, 6) is -0.398. The van der Waals surface area contributed by atoms with Crippen LogP contribution in [0.15, 0.2) is 18.2 Å². The van der Waals surface area contributed by atoms with Gasteiger partial charge in [0.05, 0.1) is 0 Å². The minimum atomic E-state index is -0.381. The smallest absolute Gasteiger partial charge is 0.254 e. The van der Waals surface area contributed by atoms with Gasteiger partial charge in [0.15, 0.2) is 0 Å². The summed E-state index contributed by atoms with van der Waals surface area (Å²) in [7, 11) is 1.71. The predicted molar refractivity (Wildman–Crippen MR) is 55.2 cm³/mol. The number of hydrogen-bond acceptors (Lipinski definition) is 2. The van der Waals surface area contributed by atoms with E-state index >= 15 is 0 Å². The Kier molecular flexibility index (Phi) is 2.44. The number of carbonyl (C=O) groups excluding carboxylic acids is 1. The van der Waals surface area contributed by atoms with Crippen molar-refractivity contribution in [3.8, 4) is 0 Å². The van der Waals surface area contributed by atoms with Gasteiger partial charge in [-0.1, -0.05) is 6.07 Å². The second-order valence-corrected chi connectivity index (χ2v) is 3.85. The van der Waals surface area contributed by atoms with Gasteiger partial charge in [-0.25, -0.2) is 4.39 Å². The van der Waals surface area contributed by atoms with Gasteiger partial charge < -0.3 is 10.6 Å². The zero-order chi connectivity index (χ0) is 11.0. The Morgan fingerprint density at radius 2 is 2.33 bits per heavy atom. The topological polar surface area (TPSA) is 46.3 Å². The maximum atomic E-state index is 13.0. The molecule has 1 aromatic rings. The van der Waals surface area contributed by atoms with Crippen LogP contribution in [0, 0.1) is 5.82 Å². The van der Waals surface area contributed by atoms with Crippen LogP contribution in [0.3, 0.4) is 0 Å². The summed E-state index contributed by atoms with van der Waals surface area (Å²) < 4.78 is 13.0. The molecule has 1 amide bonds. The normalized spacial score (nSPS) is 20.3. The van der Waals surface area contributed by atoms with Crippen LogP contribution < -0.4 is 5.73 Å². The van der Waals surface area contributed by atoms with Crippen LogP contribution >= 0.6 is 0 Å². The summed E-state index contributed by atoms with van der Waals surface area (Å²) >= 11 is 0. The third-order valence-corrected chi connectivity index (χ3v) is 2.81. The minimum Gasteiger partial charge on any atom is -0.341 e. The quantitative estimate of drug-likeness (QED) is 0.747. The number of benzene rings is 1. The van der Waals surface area contributed by atoms with Gasteiger partial charge in [-0.3, -0.25) is 4.79 Å². The molecule has 0 fully saturated rings. The highest BCUT2D eigenvalue weighted by Crippen LogP contribution is 2.27. The molecule has 1 atom stereocenters. The lowest BCUT2D eigenvalue weighted by Crippen LogP contribution is -2.39. The predicted octanol–water partition coefficient (Wildman–Crippen LogP) is 0.954. The van der Waals surface area contributed by atoms with Crippen molar-refractivity contribution in [1.29, 1.82) is 0 Å². The van der Waals surface area contributed by atoms with Gasteiger partial charge in [-0.15, -0.1) is 0 Å². The number of nitrogens with zero attached hydrogens (tertiary/aromatic N) is 1. The third kappa shape index (κ3) is 1.61. The van der Waals surface area contributed by atoms with Crippen molar-refractivity contribution in [1.82, 2.24) is 4.90 Å². The molecule has 4 heteroatoms. The Morgan fingerprint density at radius 1 is 1.60 bits per heavy atom. The van der Waals surface area contributed by atoms with Gasteiger partial charge in [-0.05, 0) is 17.7 Å². The lowest BCUT2D eigenvalue weighted by Gasteiger charge is -2.31. The van der Waals surface area contributed by atoms with Crippen LogP contribution in [0.25, 0.3) is 0 Å². The summed E-state index contributed by atoms with van der Waals surface area (Å²) in [4.78, 5) is 13.3. The molecule has 80 valence electrons. The molecule has 3 nitrogen and oxygen atoms in total. The van der Waals surface area contributed by atoms with Crippen molar-refractivity contribution in [3.63, 3.8) is 0 Å².